The second kappa shape index (κ2) is 8.53. The first kappa shape index (κ1) is 18.0. The van der Waals surface area contributed by atoms with Gasteiger partial charge in [-0.2, -0.15) is 0 Å². The van der Waals surface area contributed by atoms with Gasteiger partial charge in [-0.25, -0.2) is 0 Å². The van der Waals surface area contributed by atoms with Crippen molar-refractivity contribution in [1.82, 2.24) is 10.2 Å². The van der Waals surface area contributed by atoms with Crippen molar-refractivity contribution in [1.29, 1.82) is 0 Å². The highest BCUT2D eigenvalue weighted by atomic mass is 32.2. The third-order valence-corrected chi connectivity index (χ3v) is 4.59. The van der Waals surface area contributed by atoms with Crippen LogP contribution in [0.1, 0.15) is 18.4 Å². The Morgan fingerprint density at radius 2 is 1.88 bits per heavy atom. The number of ether oxygens (including phenoxy) is 1. The molecule has 1 atom stereocenters. The number of benzene rings is 2. The molecule has 0 saturated carbocycles. The fourth-order valence-electron chi connectivity index (χ4n) is 2.31. The summed E-state index contributed by atoms with van der Waals surface area (Å²) < 4.78 is 10.9. The van der Waals surface area contributed by atoms with Gasteiger partial charge in [-0.1, -0.05) is 54.2 Å². The average Bonchev–Trinajstić information content (AvgIpc) is 3.09. The quantitative estimate of drug-likeness (QED) is 0.639. The number of para-hydroxylation sites is 2. The van der Waals surface area contributed by atoms with Gasteiger partial charge in [0.25, 0.3) is 5.22 Å². The lowest BCUT2D eigenvalue weighted by molar-refractivity contribution is -0.115. The number of carbonyl (C=O) groups is 1. The van der Waals surface area contributed by atoms with Crippen LogP contribution in [0.25, 0.3) is 0 Å². The molecule has 3 aromatic rings. The van der Waals surface area contributed by atoms with Crippen LogP contribution < -0.4 is 10.1 Å². The average molecular weight is 369 g/mol. The number of nitrogens with zero attached hydrogens (tertiary/aromatic N) is 2. The van der Waals surface area contributed by atoms with Crippen molar-refractivity contribution in [3.05, 3.63) is 66.1 Å². The molecular formula is C19H19N3O3S. The second-order valence-electron chi connectivity index (χ2n) is 5.57. The maximum absolute atomic E-state index is 12.4. The Morgan fingerprint density at radius 1 is 1.15 bits per heavy atom. The SMILES string of the molecule is COc1ccccc1NC(=O)[C@H](C)Sc1nnc(Cc2ccccc2)o1. The van der Waals surface area contributed by atoms with Gasteiger partial charge in [-0.3, -0.25) is 4.79 Å². The fraction of sp³-hybridized carbons (Fsp3) is 0.211. The van der Waals surface area contributed by atoms with E-state index in [2.05, 4.69) is 15.5 Å². The van der Waals surface area contributed by atoms with Crippen molar-refractivity contribution in [3.8, 4) is 5.75 Å². The summed E-state index contributed by atoms with van der Waals surface area (Å²) in [6.07, 6.45) is 0.566. The number of nitrogens with one attached hydrogen (secondary N) is 1. The minimum atomic E-state index is -0.398. The summed E-state index contributed by atoms with van der Waals surface area (Å²) >= 11 is 1.22. The van der Waals surface area contributed by atoms with Gasteiger partial charge in [0.2, 0.25) is 11.8 Å². The third kappa shape index (κ3) is 4.64. The Kier molecular flexibility index (Phi) is 5.91. The zero-order valence-electron chi connectivity index (χ0n) is 14.5. The number of carbonyl (C=O) groups excluding carboxylic acids is 1. The van der Waals surface area contributed by atoms with Crippen LogP contribution in [0.5, 0.6) is 5.75 Å². The van der Waals surface area contributed by atoms with E-state index in [0.717, 1.165) is 5.56 Å². The summed E-state index contributed by atoms with van der Waals surface area (Å²) in [5.41, 5.74) is 1.72. The summed E-state index contributed by atoms with van der Waals surface area (Å²) in [7, 11) is 1.57. The lowest BCUT2D eigenvalue weighted by Crippen LogP contribution is -2.22. The van der Waals surface area contributed by atoms with E-state index < -0.39 is 5.25 Å². The number of hydrogen-bond donors (Lipinski definition) is 1. The smallest absolute Gasteiger partial charge is 0.277 e. The highest BCUT2D eigenvalue weighted by Gasteiger charge is 2.19. The Morgan fingerprint density at radius 3 is 2.65 bits per heavy atom. The third-order valence-electron chi connectivity index (χ3n) is 3.66. The first-order chi connectivity index (χ1) is 12.7. The molecule has 1 aromatic heterocycles. The first-order valence-electron chi connectivity index (χ1n) is 8.12. The van der Waals surface area contributed by atoms with E-state index >= 15 is 0 Å². The minimum absolute atomic E-state index is 0.165. The highest BCUT2D eigenvalue weighted by Crippen LogP contribution is 2.27. The Bertz CT molecular complexity index is 867. The van der Waals surface area contributed by atoms with Gasteiger partial charge in [0.05, 0.1) is 24.5 Å². The van der Waals surface area contributed by atoms with Crippen LogP contribution in [0.4, 0.5) is 5.69 Å². The van der Waals surface area contributed by atoms with Crippen molar-refractivity contribution in [3.63, 3.8) is 0 Å². The number of rotatable bonds is 7. The van der Waals surface area contributed by atoms with Crippen LogP contribution in [0, 0.1) is 0 Å². The molecular weight excluding hydrogens is 350 g/mol. The van der Waals surface area contributed by atoms with Crippen molar-refractivity contribution in [2.45, 2.75) is 23.8 Å². The number of hydrogen-bond acceptors (Lipinski definition) is 6. The Balaban J connectivity index is 1.59. The largest absolute Gasteiger partial charge is 0.495 e. The van der Waals surface area contributed by atoms with E-state index in [-0.39, 0.29) is 5.91 Å². The van der Waals surface area contributed by atoms with Crippen LogP contribution in [-0.4, -0.2) is 28.5 Å². The van der Waals surface area contributed by atoms with Crippen molar-refractivity contribution >= 4 is 23.4 Å². The van der Waals surface area contributed by atoms with E-state index in [4.69, 9.17) is 9.15 Å². The maximum Gasteiger partial charge on any atom is 0.277 e. The van der Waals surface area contributed by atoms with E-state index in [1.165, 1.54) is 11.8 Å². The molecule has 0 radical (unpaired) electrons. The predicted molar refractivity (Wildman–Crippen MR) is 100 cm³/mol. The number of thioether (sulfide) groups is 1. The maximum atomic E-state index is 12.4. The molecule has 0 unspecified atom stereocenters. The summed E-state index contributed by atoms with van der Waals surface area (Å²) in [4.78, 5) is 12.4. The van der Waals surface area contributed by atoms with Gasteiger partial charge < -0.3 is 14.5 Å². The lowest BCUT2D eigenvalue weighted by Gasteiger charge is -2.12. The summed E-state index contributed by atoms with van der Waals surface area (Å²) in [6.45, 7) is 1.79. The number of anilines is 1. The number of amides is 1. The first-order valence-corrected chi connectivity index (χ1v) is 9.00. The van der Waals surface area contributed by atoms with Gasteiger partial charge in [-0.05, 0) is 24.6 Å². The van der Waals surface area contributed by atoms with Crippen molar-refractivity contribution < 1.29 is 13.9 Å². The standard InChI is InChI=1S/C19H19N3O3S/c1-13(18(23)20-15-10-6-7-11-16(15)24-2)26-19-22-21-17(25-19)12-14-8-4-3-5-9-14/h3-11,13H,12H2,1-2H3,(H,20,23)/t13-/m0/s1. The molecule has 1 amide bonds. The Labute approximate surface area is 156 Å². The molecule has 0 fully saturated rings. The normalized spacial score (nSPS) is 11.8. The van der Waals surface area contributed by atoms with Crippen LogP contribution >= 0.6 is 11.8 Å². The molecule has 1 N–H and O–H groups in total. The lowest BCUT2D eigenvalue weighted by atomic mass is 10.2. The topological polar surface area (TPSA) is 77.2 Å². The fourth-order valence-corrected chi connectivity index (χ4v) is 3.02. The zero-order chi connectivity index (χ0) is 18.4. The van der Waals surface area contributed by atoms with Gasteiger partial charge in [0, 0.05) is 0 Å². The molecule has 0 bridgehead atoms. The molecule has 0 saturated heterocycles. The highest BCUT2D eigenvalue weighted by molar-refractivity contribution is 8.00. The monoisotopic (exact) mass is 369 g/mol. The molecule has 7 heteroatoms. The van der Waals surface area contributed by atoms with E-state index in [1.807, 2.05) is 42.5 Å². The molecule has 0 aliphatic rings. The van der Waals surface area contributed by atoms with E-state index in [9.17, 15) is 4.79 Å². The summed E-state index contributed by atoms with van der Waals surface area (Å²) in [5.74, 6) is 0.972. The van der Waals surface area contributed by atoms with Crippen LogP contribution in [0.3, 0.4) is 0 Å². The van der Waals surface area contributed by atoms with Crippen molar-refractivity contribution in [2.24, 2.45) is 0 Å². The Hall–Kier alpha value is -2.80. The second-order valence-corrected chi connectivity index (χ2v) is 6.87. The van der Waals surface area contributed by atoms with Crippen LogP contribution in [-0.2, 0) is 11.2 Å². The van der Waals surface area contributed by atoms with Gasteiger partial charge in [0.1, 0.15) is 5.75 Å². The van der Waals surface area contributed by atoms with Gasteiger partial charge in [-0.15, -0.1) is 10.2 Å². The predicted octanol–water partition coefficient (Wildman–Crippen LogP) is 3.79. The summed E-state index contributed by atoms with van der Waals surface area (Å²) in [5, 5.41) is 10.9. The van der Waals surface area contributed by atoms with Crippen LogP contribution in [0.15, 0.2) is 64.2 Å². The molecule has 26 heavy (non-hydrogen) atoms. The molecule has 2 aromatic carbocycles. The van der Waals surface area contributed by atoms with Crippen molar-refractivity contribution in [2.75, 3.05) is 12.4 Å². The number of methoxy groups -OCH3 is 1. The molecule has 0 spiro atoms. The minimum Gasteiger partial charge on any atom is -0.495 e. The van der Waals surface area contributed by atoms with Gasteiger partial charge >= 0.3 is 0 Å². The van der Waals surface area contributed by atoms with Crippen LogP contribution in [0.2, 0.25) is 0 Å². The number of aromatic nitrogens is 2. The molecule has 0 aliphatic carbocycles. The molecule has 1 heterocycles. The molecule has 134 valence electrons. The van der Waals surface area contributed by atoms with E-state index in [0.29, 0.717) is 29.0 Å². The summed E-state index contributed by atoms with van der Waals surface area (Å²) in [6, 6.07) is 17.2. The van der Waals surface area contributed by atoms with E-state index in [1.54, 1.807) is 26.2 Å². The van der Waals surface area contributed by atoms with Gasteiger partial charge in [0.15, 0.2) is 0 Å². The molecule has 6 nitrogen and oxygen atoms in total. The zero-order valence-corrected chi connectivity index (χ0v) is 15.3. The molecule has 3 rings (SSSR count). The molecule has 0 aliphatic heterocycles.